The van der Waals surface area contributed by atoms with Crippen LogP contribution in [0, 0.1) is 0 Å². The third-order valence-corrected chi connectivity index (χ3v) is 1.94. The molecule has 7 nitrogen and oxygen atoms in total. The zero-order valence-corrected chi connectivity index (χ0v) is 8.26. The second-order valence-electron chi connectivity index (χ2n) is 2.97. The summed E-state index contributed by atoms with van der Waals surface area (Å²) in [4.78, 5) is 37.5. The highest BCUT2D eigenvalue weighted by molar-refractivity contribution is 5.87. The topological polar surface area (TPSA) is 93.5 Å². The number of carbonyl (C=O) groups is 1. The average molecular weight is 221 g/mol. The Kier molecular flexibility index (Phi) is 2.28. The van der Waals surface area contributed by atoms with Crippen molar-refractivity contribution < 1.29 is 9.53 Å². The van der Waals surface area contributed by atoms with Crippen LogP contribution < -0.4 is 11.1 Å². The van der Waals surface area contributed by atoms with Crippen molar-refractivity contribution in [1.29, 1.82) is 0 Å². The van der Waals surface area contributed by atoms with Crippen LogP contribution >= 0.6 is 0 Å². The molecule has 2 aromatic heterocycles. The first kappa shape index (κ1) is 10.1. The highest BCUT2D eigenvalue weighted by Crippen LogP contribution is 1.96. The quantitative estimate of drug-likeness (QED) is 0.634. The van der Waals surface area contributed by atoms with Crippen LogP contribution in [-0.2, 0) is 4.74 Å². The third kappa shape index (κ3) is 1.58. The fourth-order valence-electron chi connectivity index (χ4n) is 1.23. The van der Waals surface area contributed by atoms with E-state index in [2.05, 4.69) is 14.8 Å². The molecule has 0 fully saturated rings. The van der Waals surface area contributed by atoms with Gasteiger partial charge in [-0.25, -0.2) is 9.78 Å². The maximum atomic E-state index is 11.5. The summed E-state index contributed by atoms with van der Waals surface area (Å²) in [5, 5.41) is 2.28. The predicted octanol–water partition coefficient (Wildman–Crippen LogP) is -0.831. The number of hydrogen-bond donors (Lipinski definition) is 1. The van der Waals surface area contributed by atoms with E-state index in [1.807, 2.05) is 0 Å². The normalized spacial score (nSPS) is 10.3. The van der Waals surface area contributed by atoms with Crippen molar-refractivity contribution in [2.24, 2.45) is 0 Å². The van der Waals surface area contributed by atoms with Gasteiger partial charge in [-0.1, -0.05) is 0 Å². The highest BCUT2D eigenvalue weighted by atomic mass is 16.5. The number of aromatic nitrogens is 3. The van der Waals surface area contributed by atoms with E-state index in [9.17, 15) is 14.4 Å². The van der Waals surface area contributed by atoms with Gasteiger partial charge in [-0.05, 0) is 6.07 Å². The third-order valence-electron chi connectivity index (χ3n) is 1.94. The fourth-order valence-corrected chi connectivity index (χ4v) is 1.23. The molecule has 7 heteroatoms. The van der Waals surface area contributed by atoms with Gasteiger partial charge in [0, 0.05) is 12.1 Å². The summed E-state index contributed by atoms with van der Waals surface area (Å²) < 4.78 is 5.40. The molecule has 0 radical (unpaired) electrons. The molecule has 0 bridgehead atoms. The van der Waals surface area contributed by atoms with E-state index in [1.54, 1.807) is 0 Å². The lowest BCUT2D eigenvalue weighted by Gasteiger charge is -2.01. The Morgan fingerprint density at radius 3 is 2.88 bits per heavy atom. The molecule has 0 spiro atoms. The SMILES string of the molecule is COC(=O)c1cc(=O)n2[nH]c(=O)ccc2n1. The van der Waals surface area contributed by atoms with Crippen LogP contribution in [0.25, 0.3) is 5.65 Å². The zero-order chi connectivity index (χ0) is 11.7. The number of H-pyrrole nitrogens is 1. The standard InChI is InChI=1S/C9H7N3O4/c1-16-9(15)5-4-8(14)12-6(10-5)2-3-7(13)11-12/h2-4H,1H3,(H,11,13). The lowest BCUT2D eigenvalue weighted by Crippen LogP contribution is -2.24. The first-order chi connectivity index (χ1) is 7.61. The number of fused-ring (bicyclic) bond motifs is 1. The molecule has 0 saturated heterocycles. The molecule has 0 atom stereocenters. The highest BCUT2D eigenvalue weighted by Gasteiger charge is 2.10. The Labute approximate surface area is 88.3 Å². The number of nitrogens with zero attached hydrogens (tertiary/aromatic N) is 2. The van der Waals surface area contributed by atoms with Crippen LogP contribution in [0.4, 0.5) is 0 Å². The van der Waals surface area contributed by atoms with Gasteiger partial charge in [-0.2, -0.15) is 4.52 Å². The Bertz CT molecular complexity index is 670. The van der Waals surface area contributed by atoms with Gasteiger partial charge >= 0.3 is 5.97 Å². The molecule has 0 aliphatic carbocycles. The van der Waals surface area contributed by atoms with Crippen LogP contribution in [0.15, 0.2) is 27.8 Å². The molecule has 0 aliphatic heterocycles. The van der Waals surface area contributed by atoms with E-state index in [0.717, 1.165) is 10.6 Å². The van der Waals surface area contributed by atoms with Crippen LogP contribution in [0.5, 0.6) is 0 Å². The van der Waals surface area contributed by atoms with Crippen LogP contribution in [0.2, 0.25) is 0 Å². The van der Waals surface area contributed by atoms with Gasteiger partial charge in [-0.3, -0.25) is 14.7 Å². The van der Waals surface area contributed by atoms with Crippen molar-refractivity contribution >= 4 is 11.6 Å². The number of hydrogen-bond acceptors (Lipinski definition) is 5. The Hall–Kier alpha value is -2.44. The van der Waals surface area contributed by atoms with Crippen molar-refractivity contribution in [2.45, 2.75) is 0 Å². The van der Waals surface area contributed by atoms with Crippen molar-refractivity contribution in [2.75, 3.05) is 7.11 Å². The summed E-state index contributed by atoms with van der Waals surface area (Å²) in [6.07, 6.45) is 0. The first-order valence-electron chi connectivity index (χ1n) is 4.33. The first-order valence-corrected chi connectivity index (χ1v) is 4.33. The molecule has 0 amide bonds. The van der Waals surface area contributed by atoms with Gasteiger partial charge < -0.3 is 4.74 Å². The summed E-state index contributed by atoms with van der Waals surface area (Å²) in [5.41, 5.74) is -0.905. The molecule has 0 saturated carbocycles. The molecule has 0 unspecified atom stereocenters. The van der Waals surface area contributed by atoms with E-state index in [4.69, 9.17) is 0 Å². The molecule has 2 rings (SSSR count). The van der Waals surface area contributed by atoms with Crippen molar-refractivity contribution in [1.82, 2.24) is 14.6 Å². The van der Waals surface area contributed by atoms with Crippen LogP contribution in [-0.4, -0.2) is 27.7 Å². The number of nitrogens with one attached hydrogen (secondary N) is 1. The number of esters is 1. The smallest absolute Gasteiger partial charge is 0.356 e. The summed E-state index contributed by atoms with van der Waals surface area (Å²) >= 11 is 0. The Balaban J connectivity index is 2.78. The minimum absolute atomic E-state index is 0.0976. The number of rotatable bonds is 1. The second-order valence-corrected chi connectivity index (χ2v) is 2.97. The summed E-state index contributed by atoms with van der Waals surface area (Å²) in [6, 6.07) is 3.55. The molecule has 2 heterocycles. The molecule has 82 valence electrons. The molecule has 0 aliphatic rings. The zero-order valence-electron chi connectivity index (χ0n) is 8.26. The van der Waals surface area contributed by atoms with Gasteiger partial charge in [0.1, 0.15) is 0 Å². The number of methoxy groups -OCH3 is 1. The molecule has 1 N–H and O–H groups in total. The summed E-state index contributed by atoms with van der Waals surface area (Å²) in [5.74, 6) is -0.703. The van der Waals surface area contributed by atoms with Gasteiger partial charge in [0.15, 0.2) is 11.3 Å². The van der Waals surface area contributed by atoms with Gasteiger partial charge in [-0.15, -0.1) is 0 Å². The number of aromatic amines is 1. The molecular weight excluding hydrogens is 214 g/mol. The molecule has 2 aromatic rings. The molecule has 16 heavy (non-hydrogen) atoms. The Morgan fingerprint density at radius 1 is 1.44 bits per heavy atom. The van der Waals surface area contributed by atoms with E-state index in [0.29, 0.717) is 0 Å². The van der Waals surface area contributed by atoms with Gasteiger partial charge in [0.2, 0.25) is 0 Å². The number of carbonyl (C=O) groups excluding carboxylic acids is 1. The Morgan fingerprint density at radius 2 is 2.19 bits per heavy atom. The fraction of sp³-hybridized carbons (Fsp3) is 0.111. The van der Waals surface area contributed by atoms with Crippen LogP contribution in [0.3, 0.4) is 0 Å². The lowest BCUT2D eigenvalue weighted by atomic mass is 10.4. The van der Waals surface area contributed by atoms with Crippen LogP contribution in [0.1, 0.15) is 10.5 Å². The van der Waals surface area contributed by atoms with E-state index in [-0.39, 0.29) is 11.3 Å². The van der Waals surface area contributed by atoms with E-state index >= 15 is 0 Å². The number of ether oxygens (including phenoxy) is 1. The van der Waals surface area contributed by atoms with Gasteiger partial charge in [0.25, 0.3) is 11.1 Å². The van der Waals surface area contributed by atoms with E-state index in [1.165, 1.54) is 19.2 Å². The molecular formula is C9H7N3O4. The average Bonchev–Trinajstić information content (AvgIpc) is 2.28. The maximum absolute atomic E-state index is 11.5. The molecule has 0 aromatic carbocycles. The maximum Gasteiger partial charge on any atom is 0.356 e. The summed E-state index contributed by atoms with van der Waals surface area (Å²) in [6.45, 7) is 0. The second kappa shape index (κ2) is 3.61. The summed E-state index contributed by atoms with van der Waals surface area (Å²) in [7, 11) is 1.19. The lowest BCUT2D eigenvalue weighted by molar-refractivity contribution is 0.0594. The monoisotopic (exact) mass is 221 g/mol. The van der Waals surface area contributed by atoms with Crippen molar-refractivity contribution in [3.8, 4) is 0 Å². The van der Waals surface area contributed by atoms with Crippen molar-refractivity contribution in [3.63, 3.8) is 0 Å². The van der Waals surface area contributed by atoms with E-state index < -0.39 is 17.1 Å². The van der Waals surface area contributed by atoms with Crippen molar-refractivity contribution in [3.05, 3.63) is 44.6 Å². The predicted molar refractivity (Wildman–Crippen MR) is 53.4 cm³/mol. The minimum Gasteiger partial charge on any atom is -0.464 e. The minimum atomic E-state index is -0.703. The largest absolute Gasteiger partial charge is 0.464 e. The van der Waals surface area contributed by atoms with Gasteiger partial charge in [0.05, 0.1) is 7.11 Å².